The first-order chi connectivity index (χ1) is 9.96. The molecule has 0 saturated heterocycles. The van der Waals surface area contributed by atoms with Crippen LogP contribution in [0.1, 0.15) is 32.8 Å². The van der Waals surface area contributed by atoms with Crippen molar-refractivity contribution in [2.24, 2.45) is 11.8 Å². The Morgan fingerprint density at radius 1 is 1.48 bits per heavy atom. The first kappa shape index (κ1) is 14.2. The second-order valence-corrected chi connectivity index (χ2v) is 6.74. The van der Waals surface area contributed by atoms with Gasteiger partial charge < -0.3 is 14.8 Å². The molecule has 1 heterocycles. The molecule has 2 atom stereocenters. The molecule has 1 fully saturated rings. The molecule has 4 nitrogen and oxygen atoms in total. The molecule has 0 aromatic heterocycles. The topological polar surface area (TPSA) is 47.6 Å². The van der Waals surface area contributed by atoms with E-state index in [9.17, 15) is 4.79 Å². The molecule has 1 saturated carbocycles. The second kappa shape index (κ2) is 5.24. The van der Waals surface area contributed by atoms with Crippen LogP contribution in [0, 0.1) is 11.8 Å². The van der Waals surface area contributed by atoms with Crippen molar-refractivity contribution in [3.05, 3.63) is 23.8 Å². The number of hydrogen-bond donors (Lipinski definition) is 1. The molecule has 1 aromatic carbocycles. The van der Waals surface area contributed by atoms with E-state index in [1.54, 1.807) is 0 Å². The van der Waals surface area contributed by atoms with Gasteiger partial charge in [-0.1, -0.05) is 19.1 Å². The maximum absolute atomic E-state index is 11.7. The van der Waals surface area contributed by atoms with Gasteiger partial charge in [0, 0.05) is 17.9 Å². The Morgan fingerprint density at radius 2 is 2.24 bits per heavy atom. The maximum atomic E-state index is 11.7. The van der Waals surface area contributed by atoms with Crippen LogP contribution in [0.5, 0.6) is 11.5 Å². The molecule has 0 radical (unpaired) electrons. The fourth-order valence-electron chi connectivity index (χ4n) is 2.85. The van der Waals surface area contributed by atoms with Gasteiger partial charge in [-0.15, -0.1) is 0 Å². The molecule has 114 valence electrons. The van der Waals surface area contributed by atoms with E-state index in [0.717, 1.165) is 24.3 Å². The van der Waals surface area contributed by atoms with Crippen molar-refractivity contribution in [2.45, 2.75) is 39.2 Å². The number of ether oxygens (including phenoxy) is 2. The fourth-order valence-corrected chi connectivity index (χ4v) is 2.85. The quantitative estimate of drug-likeness (QED) is 0.847. The number of fused-ring (bicyclic) bond motifs is 1. The van der Waals surface area contributed by atoms with Crippen LogP contribution in [-0.4, -0.2) is 24.7 Å². The van der Waals surface area contributed by atoms with Crippen molar-refractivity contribution in [1.29, 1.82) is 0 Å². The summed E-state index contributed by atoms with van der Waals surface area (Å²) in [5.41, 5.74) is 1.02. The van der Waals surface area contributed by atoms with E-state index < -0.39 is 0 Å². The van der Waals surface area contributed by atoms with Crippen molar-refractivity contribution in [2.75, 3.05) is 13.2 Å². The molecule has 0 spiro atoms. The van der Waals surface area contributed by atoms with Gasteiger partial charge in [0.05, 0.1) is 6.54 Å². The summed E-state index contributed by atoms with van der Waals surface area (Å²) in [6.07, 6.45) is 1.91. The van der Waals surface area contributed by atoms with E-state index >= 15 is 0 Å². The average Bonchev–Trinajstić information content (AvgIpc) is 3.05. The summed E-state index contributed by atoms with van der Waals surface area (Å²) in [5, 5.41) is 2.92. The van der Waals surface area contributed by atoms with E-state index in [1.165, 1.54) is 5.56 Å². The minimum Gasteiger partial charge on any atom is -0.488 e. The highest BCUT2D eigenvalue weighted by molar-refractivity contribution is 5.81. The van der Waals surface area contributed by atoms with E-state index in [4.69, 9.17) is 9.47 Å². The smallest absolute Gasteiger partial charge is 0.223 e. The first-order valence-electron chi connectivity index (χ1n) is 7.68. The summed E-state index contributed by atoms with van der Waals surface area (Å²) in [6, 6.07) is 5.99. The normalized spacial score (nSPS) is 24.9. The number of hydrogen-bond acceptors (Lipinski definition) is 3. The highest BCUT2D eigenvalue weighted by Gasteiger charge is 2.38. The van der Waals surface area contributed by atoms with Gasteiger partial charge in [-0.25, -0.2) is 0 Å². The molecule has 1 N–H and O–H groups in total. The van der Waals surface area contributed by atoms with E-state index in [-0.39, 0.29) is 17.4 Å². The van der Waals surface area contributed by atoms with Crippen molar-refractivity contribution >= 4 is 5.91 Å². The Labute approximate surface area is 125 Å². The third-order valence-electron chi connectivity index (χ3n) is 4.16. The van der Waals surface area contributed by atoms with E-state index in [0.29, 0.717) is 19.1 Å². The van der Waals surface area contributed by atoms with Crippen molar-refractivity contribution < 1.29 is 14.3 Å². The molecule has 21 heavy (non-hydrogen) atoms. The molecule has 1 aliphatic carbocycles. The van der Waals surface area contributed by atoms with Gasteiger partial charge in [-0.3, -0.25) is 4.79 Å². The summed E-state index contributed by atoms with van der Waals surface area (Å²) < 4.78 is 11.7. The predicted molar refractivity (Wildman–Crippen MR) is 80.6 cm³/mol. The van der Waals surface area contributed by atoms with Gasteiger partial charge in [0.25, 0.3) is 0 Å². The summed E-state index contributed by atoms with van der Waals surface area (Å²) in [4.78, 5) is 11.7. The molecular weight excluding hydrogens is 266 g/mol. The van der Waals surface area contributed by atoms with Crippen LogP contribution in [0.4, 0.5) is 0 Å². The highest BCUT2D eigenvalue weighted by atomic mass is 16.5. The number of nitrogens with one attached hydrogen (secondary N) is 1. The fraction of sp³-hybridized carbons (Fsp3) is 0.588. The van der Waals surface area contributed by atoms with Crippen LogP contribution in [-0.2, 0) is 11.2 Å². The average molecular weight is 289 g/mol. The minimum absolute atomic E-state index is 0.154. The first-order valence-corrected chi connectivity index (χ1v) is 7.68. The second-order valence-electron chi connectivity index (χ2n) is 6.74. The van der Waals surface area contributed by atoms with E-state index in [1.807, 2.05) is 12.1 Å². The molecule has 3 rings (SSSR count). The zero-order chi connectivity index (χ0) is 15.0. The molecular formula is C17H23NO3. The molecule has 1 aromatic rings. The third kappa shape index (κ3) is 3.14. The number of benzene rings is 1. The van der Waals surface area contributed by atoms with Crippen molar-refractivity contribution in [3.63, 3.8) is 0 Å². The monoisotopic (exact) mass is 289 g/mol. The number of carbonyl (C=O) groups is 1. The van der Waals surface area contributed by atoms with Gasteiger partial charge in [-0.2, -0.15) is 0 Å². The lowest BCUT2D eigenvalue weighted by molar-refractivity contribution is -0.122. The zero-order valence-corrected chi connectivity index (χ0v) is 12.9. The number of carbonyl (C=O) groups excluding carboxylic acids is 1. The number of rotatable bonds is 5. The van der Waals surface area contributed by atoms with Gasteiger partial charge in [0.2, 0.25) is 5.91 Å². The van der Waals surface area contributed by atoms with Crippen LogP contribution >= 0.6 is 0 Å². The van der Waals surface area contributed by atoms with Gasteiger partial charge in [0.15, 0.2) is 11.5 Å². The van der Waals surface area contributed by atoms with Crippen LogP contribution in [0.3, 0.4) is 0 Å². The van der Waals surface area contributed by atoms with Crippen molar-refractivity contribution in [1.82, 2.24) is 5.32 Å². The molecule has 2 aliphatic rings. The molecule has 0 unspecified atom stereocenters. The molecule has 4 heteroatoms. The molecule has 1 amide bonds. The summed E-state index contributed by atoms with van der Waals surface area (Å²) in [7, 11) is 0. The van der Waals surface area contributed by atoms with Gasteiger partial charge in [0.1, 0.15) is 12.2 Å². The van der Waals surface area contributed by atoms with Crippen LogP contribution in [0.15, 0.2) is 18.2 Å². The number of amides is 1. The van der Waals surface area contributed by atoms with Crippen LogP contribution in [0.25, 0.3) is 0 Å². The Kier molecular flexibility index (Phi) is 3.56. The highest BCUT2D eigenvalue weighted by Crippen LogP contribution is 2.41. The molecule has 1 aliphatic heterocycles. The standard InChI is InChI=1S/C17H23NO3/c1-11-9-13(11)16(19)18-7-8-20-14-6-4-5-12-10-17(2,3)21-15(12)14/h4-6,11,13H,7-10H2,1-3H3,(H,18,19)/t11-,13-/m1/s1. The Balaban J connectivity index is 1.50. The summed E-state index contributed by atoms with van der Waals surface area (Å²) >= 11 is 0. The zero-order valence-electron chi connectivity index (χ0n) is 12.9. The SMILES string of the molecule is C[C@@H]1C[C@H]1C(=O)NCCOc1cccc2c1OC(C)(C)C2. The maximum Gasteiger partial charge on any atom is 0.223 e. The van der Waals surface area contributed by atoms with Gasteiger partial charge in [-0.05, 0) is 32.3 Å². The van der Waals surface area contributed by atoms with Gasteiger partial charge >= 0.3 is 0 Å². The number of para-hydroxylation sites is 1. The van der Waals surface area contributed by atoms with Crippen molar-refractivity contribution in [3.8, 4) is 11.5 Å². The lowest BCUT2D eigenvalue weighted by atomic mass is 10.0. The van der Waals surface area contributed by atoms with E-state index in [2.05, 4.69) is 32.2 Å². The lowest BCUT2D eigenvalue weighted by Crippen LogP contribution is -2.29. The third-order valence-corrected chi connectivity index (χ3v) is 4.16. The Morgan fingerprint density at radius 3 is 2.95 bits per heavy atom. The minimum atomic E-state index is -0.169. The summed E-state index contributed by atoms with van der Waals surface area (Å²) in [5.74, 6) is 2.53. The predicted octanol–water partition coefficient (Wildman–Crippen LogP) is 2.55. The van der Waals surface area contributed by atoms with Crippen LogP contribution < -0.4 is 14.8 Å². The van der Waals surface area contributed by atoms with Crippen LogP contribution in [0.2, 0.25) is 0 Å². The largest absolute Gasteiger partial charge is 0.488 e. The Bertz CT molecular complexity index is 553. The Hall–Kier alpha value is -1.71. The molecule has 0 bridgehead atoms. The lowest BCUT2D eigenvalue weighted by Gasteiger charge is -2.18. The summed E-state index contributed by atoms with van der Waals surface area (Å²) in [6.45, 7) is 7.26.